The van der Waals surface area contributed by atoms with Crippen LogP contribution in [0.2, 0.25) is 0 Å². The molecule has 3 heteroatoms. The zero-order chi connectivity index (χ0) is 13.9. The number of hydrogen-bond acceptors (Lipinski definition) is 3. The Bertz CT molecular complexity index is 682. The van der Waals surface area contributed by atoms with Gasteiger partial charge in [0.25, 0.3) is 0 Å². The van der Waals surface area contributed by atoms with Gasteiger partial charge in [-0.3, -0.25) is 0 Å². The van der Waals surface area contributed by atoms with E-state index in [0.29, 0.717) is 0 Å². The SMILES string of the molecule is OCC(O)COc1c2ccccc2cc2ccccc12. The van der Waals surface area contributed by atoms with Crippen LogP contribution < -0.4 is 4.74 Å². The maximum Gasteiger partial charge on any atom is 0.135 e. The van der Waals surface area contributed by atoms with Crippen molar-refractivity contribution in [2.24, 2.45) is 0 Å². The molecular weight excluding hydrogens is 252 g/mol. The van der Waals surface area contributed by atoms with Crippen molar-refractivity contribution in [3.8, 4) is 5.75 Å². The van der Waals surface area contributed by atoms with Crippen molar-refractivity contribution in [2.45, 2.75) is 6.10 Å². The fourth-order valence-electron chi connectivity index (χ4n) is 2.36. The number of benzene rings is 3. The Hall–Kier alpha value is -2.10. The number of ether oxygens (including phenoxy) is 1. The number of hydrogen-bond donors (Lipinski definition) is 2. The minimum Gasteiger partial charge on any atom is -0.489 e. The molecule has 2 N–H and O–H groups in total. The fourth-order valence-corrected chi connectivity index (χ4v) is 2.36. The summed E-state index contributed by atoms with van der Waals surface area (Å²) in [5.74, 6) is 0.756. The number of aliphatic hydroxyl groups is 2. The van der Waals surface area contributed by atoms with Crippen LogP contribution in [0.5, 0.6) is 5.75 Å². The van der Waals surface area contributed by atoms with Gasteiger partial charge >= 0.3 is 0 Å². The average molecular weight is 268 g/mol. The first kappa shape index (κ1) is 12.9. The molecule has 3 aromatic rings. The van der Waals surface area contributed by atoms with Crippen LogP contribution in [0.15, 0.2) is 54.6 Å². The summed E-state index contributed by atoms with van der Waals surface area (Å²) in [6.45, 7) is -0.225. The molecular formula is C17H16O3. The van der Waals surface area contributed by atoms with Gasteiger partial charge in [0.2, 0.25) is 0 Å². The van der Waals surface area contributed by atoms with Crippen LogP contribution in [0, 0.1) is 0 Å². The lowest BCUT2D eigenvalue weighted by molar-refractivity contribution is 0.0546. The van der Waals surface area contributed by atoms with E-state index < -0.39 is 6.10 Å². The highest BCUT2D eigenvalue weighted by molar-refractivity contribution is 6.05. The van der Waals surface area contributed by atoms with E-state index in [2.05, 4.69) is 6.07 Å². The highest BCUT2D eigenvalue weighted by Gasteiger charge is 2.10. The molecule has 3 rings (SSSR count). The van der Waals surface area contributed by atoms with E-state index in [4.69, 9.17) is 9.84 Å². The van der Waals surface area contributed by atoms with E-state index in [1.165, 1.54) is 0 Å². The van der Waals surface area contributed by atoms with E-state index in [1.807, 2.05) is 48.5 Å². The van der Waals surface area contributed by atoms with Crippen LogP contribution in [0.3, 0.4) is 0 Å². The Kier molecular flexibility index (Phi) is 3.54. The molecule has 0 bridgehead atoms. The summed E-state index contributed by atoms with van der Waals surface area (Å²) in [6.07, 6.45) is -0.868. The topological polar surface area (TPSA) is 49.7 Å². The summed E-state index contributed by atoms with van der Waals surface area (Å²) in [5.41, 5.74) is 0. The van der Waals surface area contributed by atoms with E-state index in [-0.39, 0.29) is 13.2 Å². The lowest BCUT2D eigenvalue weighted by Crippen LogP contribution is -2.21. The van der Waals surface area contributed by atoms with Crippen LogP contribution in [-0.2, 0) is 0 Å². The Balaban J connectivity index is 2.17. The highest BCUT2D eigenvalue weighted by atomic mass is 16.5. The summed E-state index contributed by atoms with van der Waals surface area (Å²) < 4.78 is 5.78. The second-order valence-corrected chi connectivity index (χ2v) is 4.80. The summed E-state index contributed by atoms with van der Waals surface area (Å²) in [7, 11) is 0. The van der Waals surface area contributed by atoms with Gasteiger partial charge in [0.05, 0.1) is 6.61 Å². The Morgan fingerprint density at radius 2 is 1.45 bits per heavy atom. The van der Waals surface area contributed by atoms with Crippen molar-refractivity contribution in [1.82, 2.24) is 0 Å². The van der Waals surface area contributed by atoms with Crippen molar-refractivity contribution in [3.63, 3.8) is 0 Å². The van der Waals surface area contributed by atoms with E-state index >= 15 is 0 Å². The van der Waals surface area contributed by atoms with Gasteiger partial charge in [0.1, 0.15) is 18.5 Å². The zero-order valence-electron chi connectivity index (χ0n) is 11.0. The van der Waals surface area contributed by atoms with Crippen molar-refractivity contribution in [3.05, 3.63) is 54.6 Å². The summed E-state index contributed by atoms with van der Waals surface area (Å²) >= 11 is 0. The molecule has 0 aromatic heterocycles. The third kappa shape index (κ3) is 2.33. The Morgan fingerprint density at radius 3 is 2.00 bits per heavy atom. The third-order valence-corrected chi connectivity index (χ3v) is 3.35. The molecule has 0 heterocycles. The molecule has 0 saturated carbocycles. The van der Waals surface area contributed by atoms with Crippen molar-refractivity contribution in [1.29, 1.82) is 0 Å². The number of rotatable bonds is 4. The smallest absolute Gasteiger partial charge is 0.135 e. The van der Waals surface area contributed by atoms with Crippen molar-refractivity contribution in [2.75, 3.05) is 13.2 Å². The lowest BCUT2D eigenvalue weighted by Gasteiger charge is -2.15. The molecule has 0 amide bonds. The van der Waals surface area contributed by atoms with Crippen LogP contribution in [0.25, 0.3) is 21.5 Å². The lowest BCUT2D eigenvalue weighted by atomic mass is 10.0. The molecule has 3 nitrogen and oxygen atoms in total. The van der Waals surface area contributed by atoms with E-state index in [1.54, 1.807) is 0 Å². The van der Waals surface area contributed by atoms with Crippen molar-refractivity contribution >= 4 is 21.5 Å². The standard InChI is InChI=1S/C17H16O3/c18-10-14(19)11-20-17-15-7-3-1-5-12(15)9-13-6-2-4-8-16(13)17/h1-9,14,18-19H,10-11H2. The molecule has 102 valence electrons. The maximum atomic E-state index is 9.49. The minimum atomic E-state index is -0.868. The van der Waals surface area contributed by atoms with E-state index in [9.17, 15) is 5.11 Å². The first-order valence-corrected chi connectivity index (χ1v) is 6.62. The predicted octanol–water partition coefficient (Wildman–Crippen LogP) is 2.73. The molecule has 0 aliphatic carbocycles. The fraction of sp³-hybridized carbons (Fsp3) is 0.176. The molecule has 20 heavy (non-hydrogen) atoms. The molecule has 0 fully saturated rings. The second-order valence-electron chi connectivity index (χ2n) is 4.80. The molecule has 0 saturated heterocycles. The van der Waals surface area contributed by atoms with Gasteiger partial charge in [-0.15, -0.1) is 0 Å². The predicted molar refractivity (Wildman–Crippen MR) is 80.0 cm³/mol. The summed E-state index contributed by atoms with van der Waals surface area (Å²) in [4.78, 5) is 0. The summed E-state index contributed by atoms with van der Waals surface area (Å²) in [5, 5.41) is 22.6. The molecule has 1 atom stereocenters. The van der Waals surface area contributed by atoms with Gasteiger partial charge < -0.3 is 14.9 Å². The van der Waals surface area contributed by atoms with Gasteiger partial charge in [-0.05, 0) is 16.8 Å². The quantitative estimate of drug-likeness (QED) is 0.715. The second kappa shape index (κ2) is 5.49. The minimum absolute atomic E-state index is 0.0779. The van der Waals surface area contributed by atoms with Crippen LogP contribution in [0.1, 0.15) is 0 Å². The van der Waals surface area contributed by atoms with Crippen molar-refractivity contribution < 1.29 is 14.9 Å². The first-order chi connectivity index (χ1) is 9.79. The van der Waals surface area contributed by atoms with Crippen LogP contribution in [-0.4, -0.2) is 29.5 Å². The van der Waals surface area contributed by atoms with Gasteiger partial charge in [-0.1, -0.05) is 48.5 Å². The monoisotopic (exact) mass is 268 g/mol. The first-order valence-electron chi connectivity index (χ1n) is 6.62. The van der Waals surface area contributed by atoms with Gasteiger partial charge in [-0.2, -0.15) is 0 Å². The molecule has 0 aliphatic rings. The van der Waals surface area contributed by atoms with Gasteiger partial charge in [0, 0.05) is 10.8 Å². The van der Waals surface area contributed by atoms with Crippen LogP contribution >= 0.6 is 0 Å². The van der Waals surface area contributed by atoms with Gasteiger partial charge in [0.15, 0.2) is 0 Å². The molecule has 0 aliphatic heterocycles. The third-order valence-electron chi connectivity index (χ3n) is 3.35. The van der Waals surface area contributed by atoms with E-state index in [0.717, 1.165) is 27.3 Å². The molecule has 0 radical (unpaired) electrons. The average Bonchev–Trinajstić information content (AvgIpc) is 2.51. The highest BCUT2D eigenvalue weighted by Crippen LogP contribution is 2.34. The number of fused-ring (bicyclic) bond motifs is 2. The summed E-state index contributed by atoms with van der Waals surface area (Å²) in [6, 6.07) is 18.1. The Morgan fingerprint density at radius 1 is 0.900 bits per heavy atom. The molecule has 3 aromatic carbocycles. The normalized spacial score (nSPS) is 12.7. The zero-order valence-corrected chi connectivity index (χ0v) is 11.0. The van der Waals surface area contributed by atoms with Gasteiger partial charge in [-0.25, -0.2) is 0 Å². The molecule has 1 unspecified atom stereocenters. The maximum absolute atomic E-state index is 9.49. The molecule has 0 spiro atoms. The number of aliphatic hydroxyl groups excluding tert-OH is 2. The Labute approximate surface area is 117 Å². The van der Waals surface area contributed by atoms with Crippen LogP contribution in [0.4, 0.5) is 0 Å². The largest absolute Gasteiger partial charge is 0.489 e.